The van der Waals surface area contributed by atoms with Gasteiger partial charge in [0.05, 0.1) is 56.1 Å². The monoisotopic (exact) mass is 1940 g/mol. The first-order chi connectivity index (χ1) is 71.4. The van der Waals surface area contributed by atoms with Gasteiger partial charge in [-0.2, -0.15) is 0 Å². The Morgan fingerprint density at radius 3 is 1.23 bits per heavy atom. The van der Waals surface area contributed by atoms with Crippen LogP contribution in [-0.4, -0.2) is 29.9 Å². The van der Waals surface area contributed by atoms with Crippen molar-refractivity contribution in [3.8, 4) is 123 Å². The molecule has 6 nitrogen and oxygen atoms in total. The Morgan fingerprint density at radius 2 is 0.571 bits per heavy atom. The lowest BCUT2D eigenvalue weighted by Gasteiger charge is -2.49. The molecule has 0 unspecified atom stereocenters. The zero-order valence-electron chi connectivity index (χ0n) is 84.2. The van der Waals surface area contributed by atoms with Gasteiger partial charge in [-0.3, -0.25) is 0 Å². The molecule has 0 radical (unpaired) electrons. The molecule has 0 aliphatic heterocycles. The molecule has 0 N–H and O–H groups in total. The van der Waals surface area contributed by atoms with Crippen LogP contribution in [0, 0.1) is 0 Å². The summed E-state index contributed by atoms with van der Waals surface area (Å²) < 4.78 is 8.05. The maximum atomic E-state index is 5.31. The lowest BCUT2D eigenvalue weighted by molar-refractivity contribution is 0.299. The van der Waals surface area contributed by atoms with Crippen LogP contribution in [-0.2, 0) is 32.5 Å². The first-order valence-corrected chi connectivity index (χ1v) is 53.6. The topological polar surface area (TPSA) is 77.3 Å². The Morgan fingerprint density at radius 1 is 0.170 bits per heavy atom. The summed E-state index contributed by atoms with van der Waals surface area (Å²) in [6, 6.07) is 149. The number of hydrogen-bond donors (Lipinski definition) is 0. The van der Waals surface area contributed by atoms with Crippen molar-refractivity contribution < 1.29 is 0 Å². The van der Waals surface area contributed by atoms with E-state index in [-0.39, 0.29) is 32.5 Å². The molecule has 29 rings (SSSR count). The largest absolute Gasteiger partial charge is 0.244 e. The molecule has 3 aliphatic carbocycles. The summed E-state index contributed by atoms with van der Waals surface area (Å²) in [7, 11) is 0. The molecular formula is C138H104N6S3. The first kappa shape index (κ1) is 89.7. The molecule has 6 heterocycles. The maximum absolute atomic E-state index is 5.31. The summed E-state index contributed by atoms with van der Waals surface area (Å²) >= 11 is 5.73. The molecule has 704 valence electrons. The molecule has 147 heavy (non-hydrogen) atoms. The van der Waals surface area contributed by atoms with Crippen LogP contribution in [0.25, 0.3) is 249 Å². The van der Waals surface area contributed by atoms with Gasteiger partial charge in [0, 0.05) is 105 Å². The van der Waals surface area contributed by atoms with Gasteiger partial charge in [0.1, 0.15) is 0 Å². The number of hydrogen-bond acceptors (Lipinski definition) is 9. The molecule has 0 amide bonds. The van der Waals surface area contributed by atoms with Gasteiger partial charge in [-0.25, -0.2) is 29.9 Å². The van der Waals surface area contributed by atoms with Crippen molar-refractivity contribution in [1.82, 2.24) is 29.9 Å². The number of benzene rings is 20. The summed E-state index contributed by atoms with van der Waals surface area (Å²) in [5.41, 5.74) is 36.3. The molecule has 6 aromatic heterocycles. The van der Waals surface area contributed by atoms with Crippen LogP contribution in [0.4, 0.5) is 0 Å². The number of nitrogens with zero attached hydrogens (tertiary/aromatic N) is 6. The van der Waals surface area contributed by atoms with Gasteiger partial charge in [-0.05, 0) is 252 Å². The normalized spacial score (nSPS) is 14.7. The Hall–Kier alpha value is -16.1. The van der Waals surface area contributed by atoms with E-state index >= 15 is 0 Å². The average Bonchev–Trinajstić information content (AvgIpc) is 1.67. The molecule has 20 aromatic carbocycles. The van der Waals surface area contributed by atoms with Crippen LogP contribution in [0.1, 0.15) is 116 Å². The number of thiophene rings is 3. The lowest BCUT2D eigenvalue weighted by atomic mass is 9.54. The number of aromatic nitrogens is 6. The maximum Gasteiger partial charge on any atom is 0.160 e. The van der Waals surface area contributed by atoms with Crippen molar-refractivity contribution in [3.63, 3.8) is 0 Å². The van der Waals surface area contributed by atoms with Crippen LogP contribution < -0.4 is 0 Å². The van der Waals surface area contributed by atoms with E-state index in [1.54, 1.807) is 0 Å². The minimum Gasteiger partial charge on any atom is -0.244 e. The average molecular weight is 1940 g/mol. The SMILES string of the molecule is CC1(C)c2cc(-c3nc4ccccc4nc3-c3ccccc3)ccc2-c2ccc3sc4ccc5ccccc5c4c3c2C1(C)C.CC1(C)c2cc3c(cc2-c2c(ccc4ccccc24)C1(C)C)sc1ccc(-c2ccc4c(-c5ccccc5)nc(-c5ccccc5)nc4c2)cc13.CC1(C)c2ccc(-c3ccc4nc(-c5ccccc5)c(-c5ccccc5)nc4c3)cc2-c2c(ccc3sc4cc5ccccc5cc4c23)C1(C)C. The third-order valence-electron chi connectivity index (χ3n) is 34.2. The van der Waals surface area contributed by atoms with Crippen LogP contribution in [0.3, 0.4) is 0 Å². The minimum atomic E-state index is -0.157. The summed E-state index contributed by atoms with van der Waals surface area (Å²) in [5.74, 6) is 0.739. The predicted octanol–water partition coefficient (Wildman–Crippen LogP) is 38.5. The first-order valence-electron chi connectivity index (χ1n) is 51.2. The van der Waals surface area contributed by atoms with Gasteiger partial charge < -0.3 is 0 Å². The van der Waals surface area contributed by atoms with Gasteiger partial charge in [-0.15, -0.1) is 34.0 Å². The van der Waals surface area contributed by atoms with Crippen LogP contribution >= 0.6 is 34.0 Å². The van der Waals surface area contributed by atoms with Crippen molar-refractivity contribution in [1.29, 1.82) is 0 Å². The van der Waals surface area contributed by atoms with Crippen molar-refractivity contribution in [2.24, 2.45) is 0 Å². The summed E-state index contributed by atoms with van der Waals surface area (Å²) in [6.45, 7) is 29.1. The molecule has 0 saturated heterocycles. The van der Waals surface area contributed by atoms with E-state index in [1.165, 1.54) is 171 Å². The Labute approximate surface area is 867 Å². The summed E-state index contributed by atoms with van der Waals surface area (Å²) in [4.78, 5) is 31.1. The third-order valence-corrected chi connectivity index (χ3v) is 37.6. The molecule has 0 atom stereocenters. The second kappa shape index (κ2) is 33.7. The standard InChI is InChI=1S/2C48H36N2S.C42H32N2S/c1-47(2)39-23-20-29-13-11-12-18-34(29)44(39)38-28-43-37(27-40(38)48(47,3)4)36-25-32(21-24-42(36)51-43)33-19-22-35-41(26-33)49-46(31-16-9-6-10-17-31)50-45(35)30-14-7-5-8-15-30;1-47(2)37-21-19-33(34-20-23-39-40(27-34)50-46(30-15-9-6-10-16-30)45(49-39)29-13-7-5-8-14-29)25-35(37)43-38(48(47,3)4)22-24-41-44(43)36-26-31-17-11-12-18-32(31)28-42(36)51-41;1-41(2)31-24-27(40-39(26-13-6-5-7-14-26)43-32-16-10-11-17-33(32)44-40)18-20-29(31)30-21-23-35-37(38(30)42(41,3)4)36-28-15-9-8-12-25(28)19-22-34(36)45-35/h2*5-28H,1-4H3;5-24H,1-4H3. The molecule has 26 aromatic rings. The molecule has 3 aliphatic rings. The van der Waals surface area contributed by atoms with Crippen LogP contribution in [0.5, 0.6) is 0 Å². The van der Waals surface area contributed by atoms with E-state index in [0.29, 0.717) is 0 Å². The predicted molar refractivity (Wildman–Crippen MR) is 628 cm³/mol. The van der Waals surface area contributed by atoms with Gasteiger partial charge in [0.25, 0.3) is 0 Å². The number of para-hydroxylation sites is 2. The van der Waals surface area contributed by atoms with E-state index in [4.69, 9.17) is 29.9 Å². The van der Waals surface area contributed by atoms with E-state index in [2.05, 4.69) is 441 Å². The highest BCUT2D eigenvalue weighted by Gasteiger charge is 2.51. The van der Waals surface area contributed by atoms with Gasteiger partial charge in [0.15, 0.2) is 5.82 Å². The Balaban J connectivity index is 0.000000109. The highest BCUT2D eigenvalue weighted by Crippen LogP contribution is 2.63. The van der Waals surface area contributed by atoms with Crippen molar-refractivity contribution in [2.75, 3.05) is 0 Å². The smallest absolute Gasteiger partial charge is 0.160 e. The zero-order chi connectivity index (χ0) is 99.5. The fourth-order valence-corrected chi connectivity index (χ4v) is 27.6. The molecular weight excluding hydrogens is 1840 g/mol. The fourth-order valence-electron chi connectivity index (χ4n) is 24.3. The second-order valence-electron chi connectivity index (χ2n) is 43.5. The molecule has 0 spiro atoms. The van der Waals surface area contributed by atoms with Gasteiger partial charge in [0.2, 0.25) is 0 Å². The number of rotatable bonds is 8. The molecule has 9 heteroatoms. The molecule has 0 fully saturated rings. The molecule has 0 bridgehead atoms. The van der Waals surface area contributed by atoms with E-state index in [9.17, 15) is 0 Å². The highest BCUT2D eigenvalue weighted by molar-refractivity contribution is 7.27. The fraction of sp³-hybridized carbons (Fsp3) is 0.130. The highest BCUT2D eigenvalue weighted by atomic mass is 32.1. The van der Waals surface area contributed by atoms with E-state index in [1.807, 2.05) is 88.6 Å². The Bertz CT molecular complexity index is 9980. The second-order valence-corrected chi connectivity index (χ2v) is 46.7. The van der Waals surface area contributed by atoms with Crippen molar-refractivity contribution >= 4 is 160 Å². The third kappa shape index (κ3) is 14.1. The quantitative estimate of drug-likeness (QED) is 0.151. The van der Waals surface area contributed by atoms with E-state index < -0.39 is 0 Å². The summed E-state index contributed by atoms with van der Waals surface area (Å²) in [5, 5.41) is 17.1. The lowest BCUT2D eigenvalue weighted by Crippen LogP contribution is -2.43. The molecule has 0 saturated carbocycles. The zero-order valence-corrected chi connectivity index (χ0v) is 86.6. The van der Waals surface area contributed by atoms with Crippen LogP contribution in [0.15, 0.2) is 413 Å². The number of fused-ring (bicyclic) bond motifs is 28. The Kier molecular flexibility index (Phi) is 20.6. The van der Waals surface area contributed by atoms with Gasteiger partial charge >= 0.3 is 0 Å². The minimum absolute atomic E-state index is 0.0474. The van der Waals surface area contributed by atoms with Crippen LogP contribution in [0.2, 0.25) is 0 Å². The van der Waals surface area contributed by atoms with Crippen molar-refractivity contribution in [2.45, 2.75) is 116 Å². The van der Waals surface area contributed by atoms with Gasteiger partial charge in [-0.1, -0.05) is 392 Å². The van der Waals surface area contributed by atoms with E-state index in [0.717, 1.165) is 112 Å². The van der Waals surface area contributed by atoms with Crippen molar-refractivity contribution in [3.05, 3.63) is 446 Å². The summed E-state index contributed by atoms with van der Waals surface area (Å²) in [6.07, 6.45) is 0.